The van der Waals surface area contributed by atoms with E-state index < -0.39 is 0 Å². The first-order valence-corrected chi connectivity index (χ1v) is 6.54. The summed E-state index contributed by atoms with van der Waals surface area (Å²) < 4.78 is 0. The fraction of sp³-hybridized carbons (Fsp3) is 0.385. The maximum absolute atomic E-state index is 11.5. The van der Waals surface area contributed by atoms with Crippen LogP contribution in [0.1, 0.15) is 25.8 Å². The number of halogens is 1. The zero-order chi connectivity index (χ0) is 13.7. The van der Waals surface area contributed by atoms with Crippen LogP contribution < -0.4 is 10.6 Å². The Morgan fingerprint density at radius 3 is 2.67 bits per heavy atom. The Morgan fingerprint density at radius 1 is 1.44 bits per heavy atom. The molecule has 5 heteroatoms. The van der Waals surface area contributed by atoms with Crippen LogP contribution >= 0.6 is 23.8 Å². The van der Waals surface area contributed by atoms with Gasteiger partial charge in [-0.2, -0.15) is 0 Å². The molecule has 0 saturated heterocycles. The van der Waals surface area contributed by atoms with Gasteiger partial charge in [-0.1, -0.05) is 31.5 Å². The minimum absolute atomic E-state index is 0.0827. The Balaban J connectivity index is 2.54. The summed E-state index contributed by atoms with van der Waals surface area (Å²) >= 11 is 11.1. The van der Waals surface area contributed by atoms with E-state index in [-0.39, 0.29) is 5.91 Å². The fourth-order valence-electron chi connectivity index (χ4n) is 1.38. The lowest BCUT2D eigenvalue weighted by molar-refractivity contribution is -0.120. The number of amides is 1. The molecule has 0 aliphatic rings. The predicted molar refractivity (Wildman–Crippen MR) is 80.0 cm³/mol. The van der Waals surface area contributed by atoms with Crippen LogP contribution in [0.5, 0.6) is 0 Å². The first kappa shape index (κ1) is 14.9. The van der Waals surface area contributed by atoms with E-state index in [2.05, 4.69) is 10.6 Å². The zero-order valence-electron chi connectivity index (χ0n) is 10.7. The van der Waals surface area contributed by atoms with Crippen LogP contribution in [-0.4, -0.2) is 11.0 Å². The Labute approximate surface area is 118 Å². The summed E-state index contributed by atoms with van der Waals surface area (Å²) in [6.45, 7) is 5.89. The normalized spacial score (nSPS) is 10.3. The van der Waals surface area contributed by atoms with Crippen molar-refractivity contribution in [3.05, 3.63) is 28.8 Å². The summed E-state index contributed by atoms with van der Waals surface area (Å²) in [5.74, 6) is 0.224. The molecule has 0 aliphatic carbocycles. The van der Waals surface area contributed by atoms with Crippen molar-refractivity contribution in [2.75, 3.05) is 5.32 Å². The number of hydrogen-bond acceptors (Lipinski definition) is 2. The summed E-state index contributed by atoms with van der Waals surface area (Å²) in [5.41, 5.74) is 1.76. The lowest BCUT2D eigenvalue weighted by Crippen LogP contribution is -2.34. The van der Waals surface area contributed by atoms with Crippen LogP contribution in [0.2, 0.25) is 5.02 Å². The van der Waals surface area contributed by atoms with Crippen LogP contribution in [0.4, 0.5) is 5.69 Å². The van der Waals surface area contributed by atoms with Crippen LogP contribution in [0.25, 0.3) is 0 Å². The number of anilines is 1. The van der Waals surface area contributed by atoms with Gasteiger partial charge in [-0.05, 0) is 42.8 Å². The van der Waals surface area contributed by atoms with Gasteiger partial charge >= 0.3 is 0 Å². The second kappa shape index (κ2) is 6.71. The number of hydrogen-bond donors (Lipinski definition) is 2. The Bertz CT molecular complexity index is 460. The topological polar surface area (TPSA) is 41.1 Å². The predicted octanol–water partition coefficient (Wildman–Crippen LogP) is 3.51. The number of nitrogens with one attached hydrogen (secondary N) is 2. The number of thiocarbonyl (C=S) groups is 1. The minimum Gasteiger partial charge on any atom is -0.332 e. The van der Waals surface area contributed by atoms with Gasteiger partial charge in [-0.25, -0.2) is 0 Å². The van der Waals surface area contributed by atoms with E-state index in [0.29, 0.717) is 22.5 Å². The van der Waals surface area contributed by atoms with Crippen molar-refractivity contribution in [1.29, 1.82) is 0 Å². The van der Waals surface area contributed by atoms with E-state index in [9.17, 15) is 4.79 Å². The minimum atomic E-state index is -0.0827. The highest BCUT2D eigenvalue weighted by Gasteiger charge is 2.07. The molecular formula is C13H17ClN2OS. The Kier molecular flexibility index (Phi) is 5.56. The van der Waals surface area contributed by atoms with Gasteiger partial charge in [-0.3, -0.25) is 4.79 Å². The molecule has 1 rings (SSSR count). The van der Waals surface area contributed by atoms with E-state index in [1.54, 1.807) is 6.07 Å². The van der Waals surface area contributed by atoms with Crippen molar-refractivity contribution in [2.45, 2.75) is 27.2 Å². The van der Waals surface area contributed by atoms with Crippen molar-refractivity contribution < 1.29 is 4.79 Å². The number of aryl methyl sites for hydroxylation is 1. The first-order chi connectivity index (χ1) is 8.38. The average molecular weight is 285 g/mol. The van der Waals surface area contributed by atoms with E-state index in [4.69, 9.17) is 23.8 Å². The molecule has 0 bridgehead atoms. The van der Waals surface area contributed by atoms with Crippen molar-refractivity contribution in [1.82, 2.24) is 5.32 Å². The van der Waals surface area contributed by atoms with E-state index in [1.807, 2.05) is 32.9 Å². The molecule has 0 atom stereocenters. The molecule has 0 saturated carbocycles. The lowest BCUT2D eigenvalue weighted by Gasteiger charge is -2.11. The summed E-state index contributed by atoms with van der Waals surface area (Å²) in [6.07, 6.45) is 0.455. The Morgan fingerprint density at radius 2 is 2.11 bits per heavy atom. The summed E-state index contributed by atoms with van der Waals surface area (Å²) in [5, 5.41) is 6.52. The lowest BCUT2D eigenvalue weighted by atomic mass is 10.1. The highest BCUT2D eigenvalue weighted by Crippen LogP contribution is 2.19. The van der Waals surface area contributed by atoms with Crippen LogP contribution in [0.3, 0.4) is 0 Å². The molecule has 1 aromatic rings. The second-order valence-corrected chi connectivity index (χ2v) is 5.38. The number of carbonyl (C=O) groups is 1. The molecule has 1 aromatic carbocycles. The van der Waals surface area contributed by atoms with Crippen LogP contribution in [0.15, 0.2) is 18.2 Å². The summed E-state index contributed by atoms with van der Waals surface area (Å²) in [7, 11) is 0. The van der Waals surface area contributed by atoms with Crippen molar-refractivity contribution in [3.63, 3.8) is 0 Å². The van der Waals surface area contributed by atoms with Crippen LogP contribution in [-0.2, 0) is 4.79 Å². The van der Waals surface area contributed by atoms with Gasteiger partial charge in [0.15, 0.2) is 5.11 Å². The average Bonchev–Trinajstić information content (AvgIpc) is 2.21. The monoisotopic (exact) mass is 284 g/mol. The molecule has 1 amide bonds. The Hall–Kier alpha value is -1.13. The molecule has 0 fully saturated rings. The molecule has 2 N–H and O–H groups in total. The number of rotatable bonds is 3. The van der Waals surface area contributed by atoms with Crippen molar-refractivity contribution in [2.24, 2.45) is 5.92 Å². The van der Waals surface area contributed by atoms with Crippen molar-refractivity contribution in [3.8, 4) is 0 Å². The molecule has 18 heavy (non-hydrogen) atoms. The maximum atomic E-state index is 11.5. The molecule has 0 spiro atoms. The van der Waals surface area contributed by atoms with Crippen LogP contribution in [0, 0.1) is 12.8 Å². The van der Waals surface area contributed by atoms with Gasteiger partial charge in [0.05, 0.1) is 0 Å². The van der Waals surface area contributed by atoms with Gasteiger partial charge < -0.3 is 10.6 Å². The highest BCUT2D eigenvalue weighted by atomic mass is 35.5. The number of benzene rings is 1. The summed E-state index contributed by atoms with van der Waals surface area (Å²) in [6, 6.07) is 5.53. The SMILES string of the molecule is Cc1ccc(NC(=S)NC(=O)CC(C)C)cc1Cl. The quantitative estimate of drug-likeness (QED) is 0.835. The van der Waals surface area contributed by atoms with E-state index in [0.717, 1.165) is 11.3 Å². The molecule has 98 valence electrons. The standard InChI is InChI=1S/C13H17ClN2OS/c1-8(2)6-12(17)16-13(18)15-10-5-4-9(3)11(14)7-10/h4-5,7-8H,6H2,1-3H3,(H2,15,16,17,18). The van der Waals surface area contributed by atoms with Gasteiger partial charge in [-0.15, -0.1) is 0 Å². The van der Waals surface area contributed by atoms with Gasteiger partial charge in [0.1, 0.15) is 0 Å². The fourth-order valence-corrected chi connectivity index (χ4v) is 1.79. The molecular weight excluding hydrogens is 268 g/mol. The van der Waals surface area contributed by atoms with E-state index in [1.165, 1.54) is 0 Å². The third kappa shape index (κ3) is 5.02. The molecule has 0 heterocycles. The molecule has 0 aromatic heterocycles. The molecule has 0 radical (unpaired) electrons. The van der Waals surface area contributed by atoms with Gasteiger partial charge in [0.2, 0.25) is 5.91 Å². The largest absolute Gasteiger partial charge is 0.332 e. The molecule has 0 aliphatic heterocycles. The third-order valence-corrected chi connectivity index (χ3v) is 2.89. The number of carbonyl (C=O) groups excluding carboxylic acids is 1. The first-order valence-electron chi connectivity index (χ1n) is 5.75. The third-order valence-electron chi connectivity index (χ3n) is 2.28. The second-order valence-electron chi connectivity index (χ2n) is 4.56. The maximum Gasteiger partial charge on any atom is 0.226 e. The zero-order valence-corrected chi connectivity index (χ0v) is 12.3. The van der Waals surface area contributed by atoms with Gasteiger partial charge in [0.25, 0.3) is 0 Å². The molecule has 0 unspecified atom stereocenters. The summed E-state index contributed by atoms with van der Waals surface area (Å²) in [4.78, 5) is 11.5. The highest BCUT2D eigenvalue weighted by molar-refractivity contribution is 7.80. The smallest absolute Gasteiger partial charge is 0.226 e. The molecule has 3 nitrogen and oxygen atoms in total. The van der Waals surface area contributed by atoms with E-state index >= 15 is 0 Å². The van der Waals surface area contributed by atoms with Crippen molar-refractivity contribution >= 4 is 40.5 Å². The van der Waals surface area contributed by atoms with Gasteiger partial charge in [0, 0.05) is 17.1 Å².